The van der Waals surface area contributed by atoms with Crippen molar-refractivity contribution >= 4 is 6.08 Å². The summed E-state index contributed by atoms with van der Waals surface area (Å²) in [7, 11) is 0. The van der Waals surface area contributed by atoms with Crippen LogP contribution in [0.2, 0.25) is 0 Å². The van der Waals surface area contributed by atoms with Crippen LogP contribution in [0.1, 0.15) is 43.7 Å². The maximum Gasteiger partial charge on any atom is 0.127 e. The Morgan fingerprint density at radius 3 is 2.17 bits per heavy atom. The van der Waals surface area contributed by atoms with Crippen LogP contribution in [0.3, 0.4) is 0 Å². The van der Waals surface area contributed by atoms with Crippen molar-refractivity contribution in [2.24, 2.45) is 0 Å². The highest BCUT2D eigenvalue weighted by Gasteiger charge is 1.98. The first-order chi connectivity index (χ1) is 11.3. The van der Waals surface area contributed by atoms with E-state index in [0.29, 0.717) is 6.42 Å². The van der Waals surface area contributed by atoms with Crippen molar-refractivity contribution in [3.8, 4) is 11.5 Å². The summed E-state index contributed by atoms with van der Waals surface area (Å²) >= 11 is 0. The summed E-state index contributed by atoms with van der Waals surface area (Å²) in [6.45, 7) is 1.95. The Labute approximate surface area is 138 Å². The number of allylic oxidation sites excluding steroid dienone is 1. The summed E-state index contributed by atoms with van der Waals surface area (Å²) < 4.78 is 17.9. The lowest BCUT2D eigenvalue weighted by Gasteiger charge is -2.07. The highest BCUT2D eigenvalue weighted by Crippen LogP contribution is 2.23. The molecule has 0 bridgehead atoms. The number of halogens is 1. The summed E-state index contributed by atoms with van der Waals surface area (Å²) in [6, 6.07) is 16.2. The Hall–Kier alpha value is -2.09. The van der Waals surface area contributed by atoms with Gasteiger partial charge in [0, 0.05) is 0 Å². The molecule has 0 saturated heterocycles. The maximum absolute atomic E-state index is 12.0. The second kappa shape index (κ2) is 9.83. The predicted octanol–water partition coefficient (Wildman–Crippen LogP) is 6.58. The zero-order valence-electron chi connectivity index (χ0n) is 13.8. The minimum Gasteiger partial charge on any atom is -0.457 e. The predicted molar refractivity (Wildman–Crippen MR) is 95.8 cm³/mol. The van der Waals surface area contributed by atoms with E-state index in [1.807, 2.05) is 48.6 Å². The van der Waals surface area contributed by atoms with Crippen molar-refractivity contribution in [3.05, 3.63) is 65.7 Å². The Kier molecular flexibility index (Phi) is 7.38. The van der Waals surface area contributed by atoms with E-state index < -0.39 is 0 Å². The van der Waals surface area contributed by atoms with Gasteiger partial charge >= 0.3 is 0 Å². The number of alkyl halides is 1. The van der Waals surface area contributed by atoms with Crippen LogP contribution in [0.15, 0.2) is 54.6 Å². The first-order valence-electron chi connectivity index (χ1n) is 8.41. The first-order valence-corrected chi connectivity index (χ1v) is 8.41. The van der Waals surface area contributed by atoms with Gasteiger partial charge in [-0.1, -0.05) is 49.8 Å². The number of hydrogen-bond donors (Lipinski definition) is 0. The third kappa shape index (κ3) is 6.27. The average molecular weight is 312 g/mol. The van der Waals surface area contributed by atoms with Gasteiger partial charge in [-0.2, -0.15) is 0 Å². The monoisotopic (exact) mass is 312 g/mol. The van der Waals surface area contributed by atoms with Gasteiger partial charge < -0.3 is 4.74 Å². The molecule has 0 aliphatic carbocycles. The third-order valence-electron chi connectivity index (χ3n) is 3.67. The van der Waals surface area contributed by atoms with E-state index in [0.717, 1.165) is 29.9 Å². The van der Waals surface area contributed by atoms with Crippen molar-refractivity contribution in [1.29, 1.82) is 0 Å². The molecule has 23 heavy (non-hydrogen) atoms. The molecule has 0 spiro atoms. The normalized spacial score (nSPS) is 11.0. The van der Waals surface area contributed by atoms with Gasteiger partial charge in [0.25, 0.3) is 0 Å². The summed E-state index contributed by atoms with van der Waals surface area (Å²) in [5.41, 5.74) is 2.46. The Balaban J connectivity index is 1.89. The van der Waals surface area contributed by atoms with Gasteiger partial charge in [-0.15, -0.1) is 0 Å². The highest BCUT2D eigenvalue weighted by atomic mass is 19.1. The van der Waals surface area contributed by atoms with E-state index in [1.54, 1.807) is 0 Å². The van der Waals surface area contributed by atoms with E-state index in [2.05, 4.69) is 19.1 Å². The number of aryl methyl sites for hydroxylation is 1. The van der Waals surface area contributed by atoms with Crippen molar-refractivity contribution in [1.82, 2.24) is 0 Å². The van der Waals surface area contributed by atoms with Crippen LogP contribution < -0.4 is 4.74 Å². The number of unbranched alkanes of at least 4 members (excludes halogenated alkanes) is 2. The Morgan fingerprint density at radius 1 is 0.913 bits per heavy atom. The van der Waals surface area contributed by atoms with Crippen LogP contribution in [0.5, 0.6) is 11.5 Å². The van der Waals surface area contributed by atoms with Crippen LogP contribution in [0.4, 0.5) is 4.39 Å². The minimum absolute atomic E-state index is 0.256. The molecule has 0 aromatic heterocycles. The smallest absolute Gasteiger partial charge is 0.127 e. The average Bonchev–Trinajstić information content (AvgIpc) is 2.59. The largest absolute Gasteiger partial charge is 0.457 e. The topological polar surface area (TPSA) is 9.23 Å². The van der Waals surface area contributed by atoms with E-state index in [4.69, 9.17) is 4.74 Å². The molecule has 0 N–H and O–H groups in total. The molecule has 0 aliphatic heterocycles. The second-order valence-electron chi connectivity index (χ2n) is 5.65. The van der Waals surface area contributed by atoms with Crippen molar-refractivity contribution < 1.29 is 9.13 Å². The van der Waals surface area contributed by atoms with Crippen LogP contribution in [-0.2, 0) is 6.42 Å². The molecule has 2 heteroatoms. The van der Waals surface area contributed by atoms with E-state index >= 15 is 0 Å². The van der Waals surface area contributed by atoms with Gasteiger partial charge in [0.15, 0.2) is 0 Å². The zero-order chi connectivity index (χ0) is 16.3. The molecule has 2 aromatic rings. The summed E-state index contributed by atoms with van der Waals surface area (Å²) in [6.07, 6.45) is 8.95. The highest BCUT2D eigenvalue weighted by molar-refractivity contribution is 5.50. The standard InChI is InChI=1S/C21H25FO/c1-2-3-7-18-9-13-20(14-10-18)23-21-15-11-19(12-16-21)8-5-4-6-17-22/h5,8-16H,2-4,6-7,17H2,1H3/b8-5+. The number of hydrogen-bond acceptors (Lipinski definition) is 1. The Morgan fingerprint density at radius 2 is 1.57 bits per heavy atom. The molecule has 0 radical (unpaired) electrons. The third-order valence-corrected chi connectivity index (χ3v) is 3.67. The lowest BCUT2D eigenvalue weighted by Crippen LogP contribution is -1.87. The van der Waals surface area contributed by atoms with Crippen molar-refractivity contribution in [2.45, 2.75) is 39.0 Å². The van der Waals surface area contributed by atoms with E-state index in [-0.39, 0.29) is 6.67 Å². The number of rotatable bonds is 9. The molecule has 2 aromatic carbocycles. The van der Waals surface area contributed by atoms with Crippen LogP contribution in [-0.4, -0.2) is 6.67 Å². The van der Waals surface area contributed by atoms with Crippen molar-refractivity contribution in [2.75, 3.05) is 6.67 Å². The molecular formula is C21H25FO. The van der Waals surface area contributed by atoms with E-state index in [1.165, 1.54) is 18.4 Å². The summed E-state index contributed by atoms with van der Waals surface area (Å²) in [5, 5.41) is 0. The van der Waals surface area contributed by atoms with Gasteiger partial charge in [0.2, 0.25) is 0 Å². The molecule has 1 nitrogen and oxygen atoms in total. The molecule has 0 fully saturated rings. The molecule has 2 rings (SSSR count). The fraction of sp³-hybridized carbons (Fsp3) is 0.333. The molecule has 0 aliphatic rings. The van der Waals surface area contributed by atoms with Gasteiger partial charge in [0.1, 0.15) is 11.5 Å². The summed E-state index contributed by atoms with van der Waals surface area (Å²) in [4.78, 5) is 0. The van der Waals surface area contributed by atoms with Crippen molar-refractivity contribution in [3.63, 3.8) is 0 Å². The first kappa shape index (κ1) is 17.3. The second-order valence-corrected chi connectivity index (χ2v) is 5.65. The van der Waals surface area contributed by atoms with E-state index in [9.17, 15) is 4.39 Å². The Bertz CT molecular complexity index is 584. The van der Waals surface area contributed by atoms with Gasteiger partial charge in [0.05, 0.1) is 6.67 Å². The van der Waals surface area contributed by atoms with Gasteiger partial charge in [-0.3, -0.25) is 4.39 Å². The molecular weight excluding hydrogens is 287 g/mol. The SMILES string of the molecule is CCCCc1ccc(Oc2ccc(/C=C/CCCF)cc2)cc1. The quantitative estimate of drug-likeness (QED) is 0.475. The molecule has 0 saturated carbocycles. The minimum atomic E-state index is -0.256. The summed E-state index contributed by atoms with van der Waals surface area (Å²) in [5.74, 6) is 1.68. The number of ether oxygens (including phenoxy) is 1. The lowest BCUT2D eigenvalue weighted by molar-refractivity contribution is 0.476. The van der Waals surface area contributed by atoms with Crippen LogP contribution in [0, 0.1) is 0 Å². The lowest BCUT2D eigenvalue weighted by atomic mass is 10.1. The fourth-order valence-corrected chi connectivity index (χ4v) is 2.30. The molecule has 0 atom stereocenters. The molecule has 0 heterocycles. The van der Waals surface area contributed by atoms with Crippen LogP contribution in [0.25, 0.3) is 6.08 Å². The molecule has 0 amide bonds. The zero-order valence-corrected chi connectivity index (χ0v) is 13.8. The molecule has 0 unspecified atom stereocenters. The van der Waals surface area contributed by atoms with Gasteiger partial charge in [-0.25, -0.2) is 0 Å². The maximum atomic E-state index is 12.0. The fourth-order valence-electron chi connectivity index (χ4n) is 2.30. The van der Waals surface area contributed by atoms with Crippen LogP contribution >= 0.6 is 0 Å². The number of benzene rings is 2. The molecule has 122 valence electrons. The van der Waals surface area contributed by atoms with Gasteiger partial charge in [-0.05, 0) is 61.1 Å².